The summed E-state index contributed by atoms with van der Waals surface area (Å²) in [7, 11) is 0. The number of aromatic nitrogens is 1. The van der Waals surface area contributed by atoms with E-state index in [1.807, 2.05) is 5.48 Å². The lowest BCUT2D eigenvalue weighted by Crippen LogP contribution is -2.29. The molecule has 66 valence electrons. The van der Waals surface area contributed by atoms with Crippen molar-refractivity contribution in [3.63, 3.8) is 0 Å². The fraction of sp³-hybridized carbons (Fsp3) is 0.333. The molecule has 1 heterocycles. The monoisotopic (exact) mass is 171 g/mol. The lowest BCUT2D eigenvalue weighted by Gasteiger charge is -1.99. The van der Waals surface area contributed by atoms with E-state index in [0.717, 1.165) is 0 Å². The van der Waals surface area contributed by atoms with Crippen molar-refractivity contribution in [2.24, 2.45) is 5.73 Å². The number of hydrogen-bond donors (Lipinski definition) is 2. The van der Waals surface area contributed by atoms with Crippen LogP contribution in [0.4, 0.5) is 4.79 Å². The molecule has 12 heavy (non-hydrogen) atoms. The minimum atomic E-state index is -0.740. The molecule has 0 radical (unpaired) electrons. The number of hydroxylamine groups is 1. The van der Waals surface area contributed by atoms with Crippen molar-refractivity contribution in [3.05, 3.63) is 17.8 Å². The van der Waals surface area contributed by atoms with Crippen LogP contribution < -0.4 is 11.2 Å². The minimum absolute atomic E-state index is 0.144. The summed E-state index contributed by atoms with van der Waals surface area (Å²) in [6.07, 6.45) is 1.30. The number of amides is 2. The van der Waals surface area contributed by atoms with Gasteiger partial charge in [0.05, 0.1) is 0 Å². The topological polar surface area (TPSA) is 90.4 Å². The predicted octanol–water partition coefficient (Wildman–Crippen LogP) is 0.0829. The summed E-state index contributed by atoms with van der Waals surface area (Å²) in [6.45, 7) is 1.89. The third-order valence-corrected chi connectivity index (χ3v) is 1.23. The van der Waals surface area contributed by atoms with Gasteiger partial charge in [-0.15, -0.1) is 0 Å². The summed E-state index contributed by atoms with van der Waals surface area (Å²) in [6, 6.07) is -0.740. The Kier molecular flexibility index (Phi) is 2.65. The van der Waals surface area contributed by atoms with E-state index in [-0.39, 0.29) is 6.61 Å². The summed E-state index contributed by atoms with van der Waals surface area (Å²) < 4.78 is 4.89. The smallest absolute Gasteiger partial charge is 0.336 e. The Labute approximate surface area is 68.7 Å². The molecule has 0 aliphatic rings. The van der Waals surface area contributed by atoms with Crippen molar-refractivity contribution in [1.82, 2.24) is 10.5 Å². The van der Waals surface area contributed by atoms with E-state index in [4.69, 9.17) is 10.2 Å². The number of nitrogens with zero attached hydrogens (tertiary/aromatic N) is 1. The zero-order valence-electron chi connectivity index (χ0n) is 6.53. The largest absolute Gasteiger partial charge is 0.448 e. The van der Waals surface area contributed by atoms with Crippen molar-refractivity contribution in [1.29, 1.82) is 0 Å². The normalized spacial score (nSPS) is 9.75. The first-order chi connectivity index (χ1) is 5.70. The van der Waals surface area contributed by atoms with Crippen LogP contribution in [0.3, 0.4) is 0 Å². The van der Waals surface area contributed by atoms with E-state index < -0.39 is 6.03 Å². The van der Waals surface area contributed by atoms with E-state index in [2.05, 4.69) is 9.82 Å². The Hall–Kier alpha value is -1.56. The lowest BCUT2D eigenvalue weighted by molar-refractivity contribution is 0.0497. The van der Waals surface area contributed by atoms with Gasteiger partial charge in [0.2, 0.25) is 0 Å². The highest BCUT2D eigenvalue weighted by atomic mass is 16.7. The van der Waals surface area contributed by atoms with Crippen LogP contribution in [0.5, 0.6) is 0 Å². The number of aryl methyl sites for hydroxylation is 1. The van der Waals surface area contributed by atoms with Gasteiger partial charge < -0.3 is 10.2 Å². The molecule has 0 aliphatic carbocycles. The molecule has 3 N–H and O–H groups in total. The number of urea groups is 1. The maximum atomic E-state index is 10.2. The summed E-state index contributed by atoms with van der Waals surface area (Å²) in [5.74, 6) is 0.654. The highest BCUT2D eigenvalue weighted by molar-refractivity contribution is 5.70. The minimum Gasteiger partial charge on any atom is -0.448 e. The molecular formula is C6H9N3O3. The third kappa shape index (κ3) is 2.24. The first-order valence-electron chi connectivity index (χ1n) is 3.26. The zero-order valence-corrected chi connectivity index (χ0v) is 6.53. The van der Waals surface area contributed by atoms with Crippen LogP contribution in [-0.2, 0) is 11.4 Å². The number of nitrogens with one attached hydrogen (secondary N) is 1. The second-order valence-corrected chi connectivity index (χ2v) is 2.11. The first kappa shape index (κ1) is 8.54. The van der Waals surface area contributed by atoms with Crippen LogP contribution in [0, 0.1) is 6.92 Å². The molecule has 0 unspecified atom stereocenters. The molecule has 2 amide bonds. The molecule has 1 aromatic rings. The van der Waals surface area contributed by atoms with Gasteiger partial charge in [-0.05, 0) is 6.92 Å². The van der Waals surface area contributed by atoms with E-state index in [0.29, 0.717) is 11.5 Å². The Morgan fingerprint density at radius 1 is 1.92 bits per heavy atom. The Balaban J connectivity index is 2.33. The fourth-order valence-corrected chi connectivity index (χ4v) is 0.642. The maximum absolute atomic E-state index is 10.2. The number of nitrogens with two attached hydrogens (primary N) is 1. The number of oxazole rings is 1. The second-order valence-electron chi connectivity index (χ2n) is 2.11. The van der Waals surface area contributed by atoms with Gasteiger partial charge in [0.1, 0.15) is 18.1 Å². The summed E-state index contributed by atoms with van der Waals surface area (Å²) >= 11 is 0. The van der Waals surface area contributed by atoms with E-state index in [9.17, 15) is 4.79 Å². The number of carbonyl (C=O) groups excluding carboxylic acids is 1. The van der Waals surface area contributed by atoms with Gasteiger partial charge in [-0.2, -0.15) is 0 Å². The van der Waals surface area contributed by atoms with Gasteiger partial charge in [-0.25, -0.2) is 15.3 Å². The molecule has 0 saturated carbocycles. The lowest BCUT2D eigenvalue weighted by atomic mass is 10.4. The van der Waals surface area contributed by atoms with E-state index >= 15 is 0 Å². The zero-order chi connectivity index (χ0) is 8.97. The number of primary amides is 1. The molecule has 0 spiro atoms. The predicted molar refractivity (Wildman–Crippen MR) is 38.7 cm³/mol. The average molecular weight is 171 g/mol. The van der Waals surface area contributed by atoms with Crippen molar-refractivity contribution in [3.8, 4) is 0 Å². The summed E-state index contributed by atoms with van der Waals surface area (Å²) in [5.41, 5.74) is 7.35. The highest BCUT2D eigenvalue weighted by Crippen LogP contribution is 2.04. The molecule has 6 heteroatoms. The first-order valence-corrected chi connectivity index (χ1v) is 3.26. The third-order valence-electron chi connectivity index (χ3n) is 1.23. The van der Waals surface area contributed by atoms with Crippen molar-refractivity contribution in [2.45, 2.75) is 13.5 Å². The number of rotatable bonds is 3. The van der Waals surface area contributed by atoms with Crippen molar-refractivity contribution in [2.75, 3.05) is 0 Å². The molecule has 0 atom stereocenters. The summed E-state index contributed by atoms with van der Waals surface area (Å²) in [4.78, 5) is 18.7. The van der Waals surface area contributed by atoms with E-state index in [1.54, 1.807) is 6.92 Å². The Bertz CT molecular complexity index is 271. The van der Waals surface area contributed by atoms with Gasteiger partial charge in [-0.1, -0.05) is 0 Å². The van der Waals surface area contributed by atoms with Gasteiger partial charge in [0.15, 0.2) is 6.39 Å². The van der Waals surface area contributed by atoms with Crippen molar-refractivity contribution < 1.29 is 14.0 Å². The van der Waals surface area contributed by atoms with Gasteiger partial charge >= 0.3 is 6.03 Å². The molecule has 6 nitrogen and oxygen atoms in total. The molecular weight excluding hydrogens is 162 g/mol. The number of carbonyl (C=O) groups is 1. The standard InChI is InChI=1S/C6H9N3O3/c1-4-5(8-3-11-4)2-12-9-6(7)10/h3H,2H2,1H3,(H3,7,9,10). The van der Waals surface area contributed by atoms with Crippen LogP contribution in [0.15, 0.2) is 10.8 Å². The second kappa shape index (κ2) is 3.72. The van der Waals surface area contributed by atoms with Gasteiger partial charge in [-0.3, -0.25) is 4.84 Å². The van der Waals surface area contributed by atoms with Crippen molar-refractivity contribution >= 4 is 6.03 Å². The molecule has 1 rings (SSSR count). The fourth-order valence-electron chi connectivity index (χ4n) is 0.642. The molecule has 1 aromatic heterocycles. The molecule has 0 fully saturated rings. The van der Waals surface area contributed by atoms with Crippen LogP contribution in [-0.4, -0.2) is 11.0 Å². The van der Waals surface area contributed by atoms with Gasteiger partial charge in [0, 0.05) is 0 Å². The SMILES string of the molecule is Cc1ocnc1CONC(N)=O. The maximum Gasteiger partial charge on any atom is 0.336 e. The molecule has 0 aromatic carbocycles. The van der Waals surface area contributed by atoms with Crippen LogP contribution in [0.25, 0.3) is 0 Å². The quantitative estimate of drug-likeness (QED) is 0.630. The average Bonchev–Trinajstić information content (AvgIpc) is 2.36. The highest BCUT2D eigenvalue weighted by Gasteiger charge is 2.02. The van der Waals surface area contributed by atoms with Crippen LogP contribution in [0.2, 0.25) is 0 Å². The van der Waals surface area contributed by atoms with Crippen LogP contribution in [0.1, 0.15) is 11.5 Å². The summed E-state index contributed by atoms with van der Waals surface area (Å²) in [5, 5.41) is 0. The molecule has 0 aliphatic heterocycles. The molecule has 0 bridgehead atoms. The van der Waals surface area contributed by atoms with E-state index in [1.165, 1.54) is 6.39 Å². The van der Waals surface area contributed by atoms with Gasteiger partial charge in [0.25, 0.3) is 0 Å². The molecule has 0 saturated heterocycles. The Morgan fingerprint density at radius 2 is 2.67 bits per heavy atom. The van der Waals surface area contributed by atoms with Crippen LogP contribution >= 0.6 is 0 Å². The Morgan fingerprint density at radius 3 is 3.17 bits per heavy atom. The number of hydrogen-bond acceptors (Lipinski definition) is 4.